The SMILES string of the molecule is C[N+]1(CCCC(=O)c2ccc(F)cc2)CCc2ccccc21. The summed E-state index contributed by atoms with van der Waals surface area (Å²) in [5.74, 6) is -0.206. The number of carbonyl (C=O) groups is 1. The van der Waals surface area contributed by atoms with Crippen LogP contribution in [-0.4, -0.2) is 25.9 Å². The number of hydrogen-bond acceptors (Lipinski definition) is 1. The number of likely N-dealkylation sites (N-methyl/N-ethyl adjacent to an activating group) is 1. The van der Waals surface area contributed by atoms with Crippen molar-refractivity contribution in [2.45, 2.75) is 19.3 Å². The van der Waals surface area contributed by atoms with Crippen molar-refractivity contribution >= 4 is 11.5 Å². The van der Waals surface area contributed by atoms with Crippen molar-refractivity contribution in [2.75, 3.05) is 20.1 Å². The number of benzene rings is 2. The molecule has 0 aromatic heterocycles. The zero-order chi connectivity index (χ0) is 15.6. The van der Waals surface area contributed by atoms with Gasteiger partial charge >= 0.3 is 0 Å². The van der Waals surface area contributed by atoms with E-state index >= 15 is 0 Å². The first-order chi connectivity index (χ1) is 10.6. The fraction of sp³-hybridized carbons (Fsp3) is 0.316. The highest BCUT2D eigenvalue weighted by Gasteiger charge is 2.33. The lowest BCUT2D eigenvalue weighted by molar-refractivity contribution is 0.0977. The number of quaternary nitrogens is 1. The Labute approximate surface area is 130 Å². The van der Waals surface area contributed by atoms with Crippen LogP contribution in [0.1, 0.15) is 28.8 Å². The first-order valence-electron chi connectivity index (χ1n) is 7.80. The molecule has 0 saturated heterocycles. The summed E-state index contributed by atoms with van der Waals surface area (Å²) in [6.45, 7) is 2.06. The number of rotatable bonds is 5. The maximum absolute atomic E-state index is 12.9. The summed E-state index contributed by atoms with van der Waals surface area (Å²) in [7, 11) is 2.24. The molecular weight excluding hydrogens is 277 g/mol. The van der Waals surface area contributed by atoms with Crippen LogP contribution in [0.5, 0.6) is 0 Å². The molecule has 0 spiro atoms. The minimum Gasteiger partial charge on any atom is -0.294 e. The van der Waals surface area contributed by atoms with Gasteiger partial charge in [-0.25, -0.2) is 4.39 Å². The Kier molecular flexibility index (Phi) is 4.08. The Hall–Kier alpha value is -2.00. The first-order valence-corrected chi connectivity index (χ1v) is 7.80. The lowest BCUT2D eigenvalue weighted by Crippen LogP contribution is -2.44. The summed E-state index contributed by atoms with van der Waals surface area (Å²) < 4.78 is 13.8. The number of ketones is 1. The third-order valence-electron chi connectivity index (χ3n) is 4.67. The molecule has 2 nitrogen and oxygen atoms in total. The summed E-state index contributed by atoms with van der Waals surface area (Å²) in [6, 6.07) is 14.4. The van der Waals surface area contributed by atoms with Crippen LogP contribution in [0.4, 0.5) is 10.1 Å². The zero-order valence-corrected chi connectivity index (χ0v) is 12.9. The van der Waals surface area contributed by atoms with Crippen LogP contribution in [0.25, 0.3) is 0 Å². The van der Waals surface area contributed by atoms with E-state index in [1.54, 1.807) is 12.1 Å². The van der Waals surface area contributed by atoms with Crippen LogP contribution < -0.4 is 4.48 Å². The maximum atomic E-state index is 12.9. The van der Waals surface area contributed by atoms with Gasteiger partial charge in [-0.15, -0.1) is 0 Å². The highest BCUT2D eigenvalue weighted by atomic mass is 19.1. The molecule has 1 atom stereocenters. The van der Waals surface area contributed by atoms with Crippen molar-refractivity contribution in [3.05, 3.63) is 65.5 Å². The van der Waals surface area contributed by atoms with Gasteiger partial charge in [0.2, 0.25) is 0 Å². The van der Waals surface area contributed by atoms with Crippen molar-refractivity contribution in [1.29, 1.82) is 0 Å². The van der Waals surface area contributed by atoms with Crippen LogP contribution in [0, 0.1) is 5.82 Å². The number of nitrogens with zero attached hydrogens (tertiary/aromatic N) is 1. The summed E-state index contributed by atoms with van der Waals surface area (Å²) in [5.41, 5.74) is 3.41. The van der Waals surface area contributed by atoms with E-state index in [0.717, 1.165) is 30.4 Å². The number of hydrogen-bond donors (Lipinski definition) is 0. The Morgan fingerprint density at radius 2 is 1.86 bits per heavy atom. The van der Waals surface area contributed by atoms with E-state index in [4.69, 9.17) is 0 Å². The molecule has 1 aliphatic heterocycles. The molecule has 2 aromatic rings. The molecule has 22 heavy (non-hydrogen) atoms. The van der Waals surface area contributed by atoms with Gasteiger partial charge in [0.1, 0.15) is 11.5 Å². The Bertz CT molecular complexity index is 680. The van der Waals surface area contributed by atoms with Crippen LogP contribution in [0.15, 0.2) is 48.5 Å². The summed E-state index contributed by atoms with van der Waals surface area (Å²) in [4.78, 5) is 12.2. The van der Waals surface area contributed by atoms with Crippen LogP contribution in [0.2, 0.25) is 0 Å². The zero-order valence-electron chi connectivity index (χ0n) is 12.9. The Morgan fingerprint density at radius 3 is 2.64 bits per heavy atom. The smallest absolute Gasteiger partial charge is 0.163 e. The molecule has 0 bridgehead atoms. The van der Waals surface area contributed by atoms with Crippen molar-refractivity contribution in [3.63, 3.8) is 0 Å². The average molecular weight is 298 g/mol. The Morgan fingerprint density at radius 1 is 1.14 bits per heavy atom. The van der Waals surface area contributed by atoms with Crippen LogP contribution in [-0.2, 0) is 6.42 Å². The molecule has 114 valence electrons. The minimum atomic E-state index is -0.303. The summed E-state index contributed by atoms with van der Waals surface area (Å²) in [5, 5.41) is 0. The summed E-state index contributed by atoms with van der Waals surface area (Å²) in [6.07, 6.45) is 2.47. The van der Waals surface area contributed by atoms with Crippen molar-refractivity contribution in [3.8, 4) is 0 Å². The molecule has 0 N–H and O–H groups in total. The van der Waals surface area contributed by atoms with E-state index in [-0.39, 0.29) is 11.6 Å². The number of fused-ring (bicyclic) bond motifs is 1. The molecule has 3 rings (SSSR count). The van der Waals surface area contributed by atoms with E-state index in [0.29, 0.717) is 12.0 Å². The van der Waals surface area contributed by atoms with E-state index in [9.17, 15) is 9.18 Å². The highest BCUT2D eigenvalue weighted by Crippen LogP contribution is 2.33. The molecule has 0 radical (unpaired) electrons. The molecule has 2 aromatic carbocycles. The predicted octanol–water partition coefficient (Wildman–Crippen LogP) is 3.98. The number of carbonyl (C=O) groups excluding carboxylic acids is 1. The van der Waals surface area contributed by atoms with E-state index < -0.39 is 0 Å². The first kappa shape index (κ1) is 14.9. The topological polar surface area (TPSA) is 17.1 Å². The fourth-order valence-electron chi connectivity index (χ4n) is 3.34. The molecule has 0 amide bonds. The third kappa shape index (κ3) is 2.95. The fourth-order valence-corrected chi connectivity index (χ4v) is 3.34. The van der Waals surface area contributed by atoms with E-state index in [2.05, 4.69) is 31.3 Å². The molecule has 0 aliphatic carbocycles. The minimum absolute atomic E-state index is 0.0964. The van der Waals surface area contributed by atoms with Gasteiger partial charge in [-0.05, 0) is 30.3 Å². The summed E-state index contributed by atoms with van der Waals surface area (Å²) >= 11 is 0. The van der Waals surface area contributed by atoms with Gasteiger partial charge < -0.3 is 0 Å². The predicted molar refractivity (Wildman–Crippen MR) is 87.6 cm³/mol. The monoisotopic (exact) mass is 298 g/mol. The van der Waals surface area contributed by atoms with Gasteiger partial charge in [0, 0.05) is 30.4 Å². The van der Waals surface area contributed by atoms with Gasteiger partial charge in [-0.1, -0.05) is 18.2 Å². The molecular formula is C19H21FNO+. The largest absolute Gasteiger partial charge is 0.294 e. The molecule has 3 heteroatoms. The van der Waals surface area contributed by atoms with Gasteiger partial charge in [0.25, 0.3) is 0 Å². The van der Waals surface area contributed by atoms with E-state index in [1.807, 2.05) is 0 Å². The van der Waals surface area contributed by atoms with Gasteiger partial charge in [0.05, 0.1) is 20.1 Å². The molecule has 1 unspecified atom stereocenters. The van der Waals surface area contributed by atoms with Crippen molar-refractivity contribution in [1.82, 2.24) is 4.48 Å². The second kappa shape index (κ2) is 6.01. The molecule has 0 saturated carbocycles. The molecule has 1 heterocycles. The molecule has 1 aliphatic rings. The quantitative estimate of drug-likeness (QED) is 0.603. The average Bonchev–Trinajstić information content (AvgIpc) is 2.86. The normalized spacial score (nSPS) is 19.9. The van der Waals surface area contributed by atoms with Crippen molar-refractivity contribution in [2.24, 2.45) is 0 Å². The Balaban J connectivity index is 1.59. The number of halogens is 1. The van der Waals surface area contributed by atoms with Gasteiger partial charge in [0.15, 0.2) is 5.78 Å². The number of para-hydroxylation sites is 1. The van der Waals surface area contributed by atoms with Gasteiger partial charge in [-0.2, -0.15) is 0 Å². The van der Waals surface area contributed by atoms with Crippen LogP contribution in [0.3, 0.4) is 0 Å². The lowest BCUT2D eigenvalue weighted by atomic mass is 10.1. The highest BCUT2D eigenvalue weighted by molar-refractivity contribution is 5.95. The standard InChI is InChI=1S/C19H21FNO/c1-21(14-12-15-5-2-3-6-18(15)21)13-4-7-19(22)16-8-10-17(20)11-9-16/h2-3,5-6,8-11H,4,7,12-14H2,1H3/q+1. The second-order valence-corrected chi connectivity index (χ2v) is 6.26. The van der Waals surface area contributed by atoms with Gasteiger partial charge in [-0.3, -0.25) is 9.28 Å². The maximum Gasteiger partial charge on any atom is 0.163 e. The number of Topliss-reactive ketones (excluding diaryl/α,β-unsaturated/α-hetero) is 1. The van der Waals surface area contributed by atoms with Crippen molar-refractivity contribution < 1.29 is 9.18 Å². The van der Waals surface area contributed by atoms with Crippen LogP contribution >= 0.6 is 0 Å². The lowest BCUT2D eigenvalue weighted by Gasteiger charge is -2.29. The van der Waals surface area contributed by atoms with E-state index in [1.165, 1.54) is 23.4 Å². The third-order valence-corrected chi connectivity index (χ3v) is 4.67. The molecule has 0 fully saturated rings. The second-order valence-electron chi connectivity index (χ2n) is 6.26.